The molecule has 0 rings (SSSR count). The molecule has 0 aromatic carbocycles. The van der Waals surface area contributed by atoms with E-state index in [0.717, 1.165) is 15.3 Å². The number of nitrogens with one attached hydrogen (secondary N) is 1. The van der Waals surface area contributed by atoms with E-state index in [9.17, 15) is 4.79 Å². The summed E-state index contributed by atoms with van der Waals surface area (Å²) in [6.45, 7) is 0. The normalized spacial score (nSPS) is 10.5. The monoisotopic (exact) mass is 351 g/mol. The van der Waals surface area contributed by atoms with Crippen molar-refractivity contribution >= 4 is 75.8 Å². The molecular formula is C8H17NO2S6. The molecule has 3 nitrogen and oxygen atoms in total. The van der Waals surface area contributed by atoms with Gasteiger partial charge in [-0.25, -0.2) is 0 Å². The van der Waals surface area contributed by atoms with E-state index >= 15 is 0 Å². The van der Waals surface area contributed by atoms with Crippen LogP contribution in [0.25, 0.3) is 0 Å². The maximum Gasteiger partial charge on any atom is 0.280 e. The Kier molecular flexibility index (Phi) is 17.0. The molecule has 0 saturated heterocycles. The van der Waals surface area contributed by atoms with Crippen LogP contribution in [0, 0.1) is 0 Å². The topological polar surface area (TPSA) is 49.3 Å². The standard InChI is InChI=1S/C8H17NO2S6/c1-12-4-15-6-16-5-13-2-9-8(11)17-7-14-3-10/h10H,2-7H2,1H3,(H,9,11). The molecule has 1 amide bonds. The Morgan fingerprint density at radius 3 is 2.47 bits per heavy atom. The summed E-state index contributed by atoms with van der Waals surface area (Å²) in [4.78, 5) is 11.2. The Hall–Kier alpha value is 1.53. The van der Waals surface area contributed by atoms with Crippen LogP contribution in [0.4, 0.5) is 4.79 Å². The molecule has 0 fully saturated rings. The number of rotatable bonds is 11. The van der Waals surface area contributed by atoms with Gasteiger partial charge in [-0.05, 0) is 6.26 Å². The fourth-order valence-electron chi connectivity index (χ4n) is 0.604. The van der Waals surface area contributed by atoms with Gasteiger partial charge in [-0.2, -0.15) is 11.8 Å². The fourth-order valence-corrected chi connectivity index (χ4v) is 5.87. The average molecular weight is 352 g/mol. The van der Waals surface area contributed by atoms with E-state index < -0.39 is 0 Å². The van der Waals surface area contributed by atoms with Crippen LogP contribution in [0.1, 0.15) is 0 Å². The Morgan fingerprint density at radius 1 is 1.06 bits per heavy atom. The number of amides is 1. The van der Waals surface area contributed by atoms with Gasteiger partial charge in [0.2, 0.25) is 0 Å². The van der Waals surface area contributed by atoms with Crippen LogP contribution in [-0.2, 0) is 0 Å². The van der Waals surface area contributed by atoms with Gasteiger partial charge in [-0.1, -0.05) is 11.8 Å². The van der Waals surface area contributed by atoms with E-state index in [-0.39, 0.29) is 11.2 Å². The first-order valence-electron chi connectivity index (χ1n) is 4.62. The molecule has 0 aliphatic heterocycles. The van der Waals surface area contributed by atoms with Gasteiger partial charge in [0.05, 0.1) is 16.9 Å². The van der Waals surface area contributed by atoms with Crippen molar-refractivity contribution < 1.29 is 9.90 Å². The third-order valence-corrected chi connectivity index (χ3v) is 7.57. The van der Waals surface area contributed by atoms with Crippen LogP contribution < -0.4 is 5.32 Å². The van der Waals surface area contributed by atoms with Gasteiger partial charge in [0.1, 0.15) is 0 Å². The highest BCUT2D eigenvalue weighted by Crippen LogP contribution is 2.19. The molecule has 0 saturated carbocycles. The first kappa shape index (κ1) is 18.5. The van der Waals surface area contributed by atoms with Crippen molar-refractivity contribution in [3.63, 3.8) is 0 Å². The molecule has 0 bridgehead atoms. The Balaban J connectivity index is 3.08. The molecule has 9 heteroatoms. The zero-order valence-corrected chi connectivity index (χ0v) is 14.4. The van der Waals surface area contributed by atoms with Crippen LogP contribution in [0.5, 0.6) is 0 Å². The van der Waals surface area contributed by atoms with Gasteiger partial charge < -0.3 is 10.4 Å². The molecule has 0 spiro atoms. The Bertz CT molecular complexity index is 185. The van der Waals surface area contributed by atoms with Crippen LogP contribution in [0.15, 0.2) is 0 Å². The van der Waals surface area contributed by atoms with Crippen LogP contribution in [0.3, 0.4) is 0 Å². The van der Waals surface area contributed by atoms with Crippen molar-refractivity contribution in [1.29, 1.82) is 0 Å². The molecule has 0 aromatic rings. The van der Waals surface area contributed by atoms with E-state index in [1.54, 1.807) is 11.8 Å². The zero-order chi connectivity index (χ0) is 12.8. The van der Waals surface area contributed by atoms with E-state index in [4.69, 9.17) is 5.11 Å². The van der Waals surface area contributed by atoms with Crippen molar-refractivity contribution in [2.45, 2.75) is 0 Å². The minimum Gasteiger partial charge on any atom is -0.386 e. The highest BCUT2D eigenvalue weighted by Gasteiger charge is 2.00. The van der Waals surface area contributed by atoms with Gasteiger partial charge in [0.15, 0.2) is 0 Å². The second-order valence-corrected chi connectivity index (χ2v) is 9.65. The molecular weight excluding hydrogens is 334 g/mol. The molecule has 0 aliphatic rings. The summed E-state index contributed by atoms with van der Waals surface area (Å²) in [7, 11) is 0. The lowest BCUT2D eigenvalue weighted by molar-refractivity contribution is 0.262. The maximum absolute atomic E-state index is 11.2. The van der Waals surface area contributed by atoms with E-state index in [0.29, 0.717) is 11.0 Å². The van der Waals surface area contributed by atoms with Crippen LogP contribution in [-0.4, -0.2) is 48.8 Å². The predicted molar refractivity (Wildman–Crippen MR) is 91.4 cm³/mol. The minimum atomic E-state index is -0.0137. The number of aliphatic hydroxyl groups excluding tert-OH is 1. The number of hydrogen-bond donors (Lipinski definition) is 2. The molecule has 0 unspecified atom stereocenters. The van der Waals surface area contributed by atoms with E-state index in [1.165, 1.54) is 23.5 Å². The number of thioether (sulfide) groups is 6. The summed E-state index contributed by atoms with van der Waals surface area (Å²) in [6.07, 6.45) is 2.11. The second kappa shape index (κ2) is 15.6. The number of carbonyl (C=O) groups is 1. The second-order valence-electron chi connectivity index (χ2n) is 2.46. The highest BCUT2D eigenvalue weighted by atomic mass is 32.2. The lowest BCUT2D eigenvalue weighted by Crippen LogP contribution is -2.17. The first-order chi connectivity index (χ1) is 8.31. The van der Waals surface area contributed by atoms with Crippen LogP contribution in [0.2, 0.25) is 0 Å². The Labute approximate surface area is 129 Å². The summed E-state index contributed by atoms with van der Waals surface area (Å²) in [6, 6.07) is 0. The first-order valence-corrected chi connectivity index (χ1v) is 11.6. The summed E-state index contributed by atoms with van der Waals surface area (Å²) in [5.74, 6) is 0.731. The quantitative estimate of drug-likeness (QED) is 0.433. The van der Waals surface area contributed by atoms with Gasteiger partial charge in [0.25, 0.3) is 5.24 Å². The lowest BCUT2D eigenvalue weighted by atomic mass is 11.2. The SMILES string of the molecule is CSCSCSCSCNC(=O)SCSCO. The summed E-state index contributed by atoms with van der Waals surface area (Å²) >= 11 is 9.91. The smallest absolute Gasteiger partial charge is 0.280 e. The zero-order valence-electron chi connectivity index (χ0n) is 9.55. The number of aliphatic hydroxyl groups is 1. The molecule has 0 aliphatic carbocycles. The molecule has 0 radical (unpaired) electrons. The van der Waals surface area contributed by atoms with Crippen molar-refractivity contribution in [3.05, 3.63) is 0 Å². The van der Waals surface area contributed by atoms with Gasteiger partial charge >= 0.3 is 0 Å². The number of hydrogen-bond acceptors (Lipinski definition) is 8. The van der Waals surface area contributed by atoms with Crippen molar-refractivity contribution in [3.8, 4) is 0 Å². The third-order valence-electron chi connectivity index (χ3n) is 1.22. The van der Waals surface area contributed by atoms with Crippen LogP contribution >= 0.6 is 70.6 Å². The molecule has 102 valence electrons. The van der Waals surface area contributed by atoms with Gasteiger partial charge in [-0.3, -0.25) is 4.79 Å². The van der Waals surface area contributed by atoms with Crippen molar-refractivity contribution in [2.75, 3.05) is 38.4 Å². The van der Waals surface area contributed by atoms with Gasteiger partial charge in [0, 0.05) is 15.3 Å². The molecule has 0 atom stereocenters. The molecule has 2 N–H and O–H groups in total. The molecule has 0 heterocycles. The minimum absolute atomic E-state index is 0.0137. The maximum atomic E-state index is 11.2. The average Bonchev–Trinajstić information content (AvgIpc) is 2.33. The molecule has 17 heavy (non-hydrogen) atoms. The lowest BCUT2D eigenvalue weighted by Gasteiger charge is -2.04. The largest absolute Gasteiger partial charge is 0.386 e. The summed E-state index contributed by atoms with van der Waals surface area (Å²) < 4.78 is 0. The Morgan fingerprint density at radius 2 is 1.76 bits per heavy atom. The van der Waals surface area contributed by atoms with E-state index in [2.05, 4.69) is 11.6 Å². The highest BCUT2D eigenvalue weighted by molar-refractivity contribution is 8.26. The third kappa shape index (κ3) is 15.5. The van der Waals surface area contributed by atoms with E-state index in [1.807, 2.05) is 35.3 Å². The van der Waals surface area contributed by atoms with Crippen molar-refractivity contribution in [1.82, 2.24) is 5.32 Å². The molecule has 0 aromatic heterocycles. The summed E-state index contributed by atoms with van der Waals surface area (Å²) in [5.41, 5.74) is 0. The van der Waals surface area contributed by atoms with Crippen molar-refractivity contribution in [2.24, 2.45) is 0 Å². The summed E-state index contributed by atoms with van der Waals surface area (Å²) in [5, 5.41) is 15.2. The number of carbonyl (C=O) groups excluding carboxylic acids is 1. The van der Waals surface area contributed by atoms with Gasteiger partial charge in [-0.15, -0.1) is 47.0 Å². The predicted octanol–water partition coefficient (Wildman–Crippen LogP) is 3.46. The fraction of sp³-hybridized carbons (Fsp3) is 0.875.